The minimum Gasteiger partial charge on any atom is -0.457 e. The molecule has 0 bridgehead atoms. The Morgan fingerprint density at radius 3 is 2.91 bits per heavy atom. The smallest absolute Gasteiger partial charge is 0.169 e. The number of rotatable bonds is 3. The van der Waals surface area contributed by atoms with E-state index in [2.05, 4.69) is 15.9 Å². The van der Waals surface area contributed by atoms with Crippen molar-refractivity contribution in [2.45, 2.75) is 19.8 Å². The molecule has 0 atom stereocenters. The first kappa shape index (κ1) is 8.53. The number of aryl methyl sites for hydroxylation is 1. The lowest BCUT2D eigenvalue weighted by molar-refractivity contribution is -0.116. The van der Waals surface area contributed by atoms with E-state index >= 15 is 0 Å². The van der Waals surface area contributed by atoms with Gasteiger partial charge in [-0.15, -0.1) is 0 Å². The Labute approximate surface area is 73.7 Å². The van der Waals surface area contributed by atoms with E-state index in [9.17, 15) is 4.79 Å². The van der Waals surface area contributed by atoms with Gasteiger partial charge in [-0.05, 0) is 40.9 Å². The van der Waals surface area contributed by atoms with Crippen molar-refractivity contribution < 1.29 is 9.21 Å². The molecule has 60 valence electrons. The van der Waals surface area contributed by atoms with Crippen molar-refractivity contribution in [3.8, 4) is 0 Å². The summed E-state index contributed by atoms with van der Waals surface area (Å²) in [5, 5.41) is 0. The van der Waals surface area contributed by atoms with Crippen LogP contribution in [-0.2, 0) is 11.2 Å². The molecule has 0 saturated heterocycles. The highest BCUT2D eigenvalue weighted by Gasteiger charge is 1.99. The normalized spacial score (nSPS) is 10.0. The Hall–Kier alpha value is -0.570. The third-order valence-corrected chi connectivity index (χ3v) is 1.80. The number of hydrogen-bond acceptors (Lipinski definition) is 2. The Balaban J connectivity index is 2.45. The van der Waals surface area contributed by atoms with Crippen molar-refractivity contribution in [1.82, 2.24) is 0 Å². The Bertz CT molecular complexity index is 252. The molecule has 0 radical (unpaired) electrons. The third-order valence-electron chi connectivity index (χ3n) is 1.39. The first-order valence-electron chi connectivity index (χ1n) is 3.41. The number of carbonyl (C=O) groups is 1. The average Bonchev–Trinajstić information content (AvgIpc) is 2.31. The fraction of sp³-hybridized carbons (Fsp3) is 0.375. The summed E-state index contributed by atoms with van der Waals surface area (Å²) >= 11 is 3.19. The van der Waals surface area contributed by atoms with E-state index in [1.807, 2.05) is 6.07 Å². The minimum atomic E-state index is 0.210. The SMILES string of the molecule is CC(=O)CCc1coc(Br)c1. The van der Waals surface area contributed by atoms with Gasteiger partial charge in [0.2, 0.25) is 0 Å². The zero-order valence-corrected chi connectivity index (χ0v) is 7.85. The quantitative estimate of drug-likeness (QED) is 0.778. The van der Waals surface area contributed by atoms with Gasteiger partial charge in [0.1, 0.15) is 5.78 Å². The monoisotopic (exact) mass is 216 g/mol. The second kappa shape index (κ2) is 3.72. The van der Waals surface area contributed by atoms with Gasteiger partial charge in [0.15, 0.2) is 4.67 Å². The Morgan fingerprint density at radius 2 is 2.45 bits per heavy atom. The van der Waals surface area contributed by atoms with Crippen molar-refractivity contribution in [2.24, 2.45) is 0 Å². The summed E-state index contributed by atoms with van der Waals surface area (Å²) in [5.74, 6) is 0.210. The predicted molar refractivity (Wildman–Crippen MR) is 45.4 cm³/mol. The molecule has 0 unspecified atom stereocenters. The van der Waals surface area contributed by atoms with Crippen LogP contribution in [0, 0.1) is 0 Å². The van der Waals surface area contributed by atoms with E-state index < -0.39 is 0 Å². The molecular weight excluding hydrogens is 208 g/mol. The molecule has 1 heterocycles. The summed E-state index contributed by atoms with van der Waals surface area (Å²) in [6.07, 6.45) is 3.02. The molecule has 0 amide bonds. The first-order valence-corrected chi connectivity index (χ1v) is 4.20. The molecule has 1 aromatic heterocycles. The maximum absolute atomic E-state index is 10.6. The molecule has 0 aromatic carbocycles. The zero-order valence-electron chi connectivity index (χ0n) is 6.26. The minimum absolute atomic E-state index is 0.210. The highest BCUT2D eigenvalue weighted by molar-refractivity contribution is 9.10. The lowest BCUT2D eigenvalue weighted by Gasteiger charge is -1.89. The number of carbonyl (C=O) groups excluding carboxylic acids is 1. The molecular formula is C8H9BrO2. The van der Waals surface area contributed by atoms with Gasteiger partial charge in [0.25, 0.3) is 0 Å². The van der Waals surface area contributed by atoms with Gasteiger partial charge in [-0.2, -0.15) is 0 Å². The molecule has 1 rings (SSSR count). The van der Waals surface area contributed by atoms with Crippen LogP contribution in [0.3, 0.4) is 0 Å². The van der Waals surface area contributed by atoms with E-state index in [1.165, 1.54) is 0 Å². The number of halogens is 1. The van der Waals surface area contributed by atoms with Crippen LogP contribution in [0.25, 0.3) is 0 Å². The molecule has 2 nitrogen and oxygen atoms in total. The van der Waals surface area contributed by atoms with Crippen LogP contribution in [0.15, 0.2) is 21.4 Å². The molecule has 11 heavy (non-hydrogen) atoms. The fourth-order valence-corrected chi connectivity index (χ4v) is 1.18. The van der Waals surface area contributed by atoms with Gasteiger partial charge in [0, 0.05) is 6.42 Å². The van der Waals surface area contributed by atoms with Crippen LogP contribution in [0.2, 0.25) is 0 Å². The second-order valence-electron chi connectivity index (χ2n) is 2.46. The number of ketones is 1. The number of furan rings is 1. The van der Waals surface area contributed by atoms with E-state index in [1.54, 1.807) is 13.2 Å². The Kier molecular flexibility index (Phi) is 2.88. The summed E-state index contributed by atoms with van der Waals surface area (Å²) in [6.45, 7) is 1.59. The van der Waals surface area contributed by atoms with E-state index in [0.29, 0.717) is 6.42 Å². The summed E-state index contributed by atoms with van der Waals surface area (Å²) in [4.78, 5) is 10.6. The van der Waals surface area contributed by atoms with Crippen molar-refractivity contribution in [3.05, 3.63) is 22.6 Å². The van der Waals surface area contributed by atoms with Gasteiger partial charge >= 0.3 is 0 Å². The number of hydrogen-bond donors (Lipinski definition) is 0. The largest absolute Gasteiger partial charge is 0.457 e. The maximum Gasteiger partial charge on any atom is 0.169 e. The van der Waals surface area contributed by atoms with Crippen LogP contribution in [0.1, 0.15) is 18.9 Å². The molecule has 0 fully saturated rings. The third kappa shape index (κ3) is 2.89. The van der Waals surface area contributed by atoms with E-state index in [0.717, 1.165) is 16.7 Å². The van der Waals surface area contributed by atoms with Gasteiger partial charge in [0.05, 0.1) is 6.26 Å². The number of Topliss-reactive ketones (excluding diaryl/α,β-unsaturated/α-hetero) is 1. The lowest BCUT2D eigenvalue weighted by Crippen LogP contribution is -1.91. The van der Waals surface area contributed by atoms with Crippen LogP contribution >= 0.6 is 15.9 Å². The van der Waals surface area contributed by atoms with Crippen molar-refractivity contribution in [1.29, 1.82) is 0 Å². The first-order chi connectivity index (χ1) is 5.18. The molecule has 1 aromatic rings. The molecule has 0 spiro atoms. The standard InChI is InChI=1S/C8H9BrO2/c1-6(10)2-3-7-4-8(9)11-5-7/h4-5H,2-3H2,1H3. The topological polar surface area (TPSA) is 30.2 Å². The summed E-state index contributed by atoms with van der Waals surface area (Å²) in [7, 11) is 0. The van der Waals surface area contributed by atoms with Crippen LogP contribution in [0.4, 0.5) is 0 Å². The van der Waals surface area contributed by atoms with Crippen LogP contribution in [0.5, 0.6) is 0 Å². The maximum atomic E-state index is 10.6. The van der Waals surface area contributed by atoms with Crippen LogP contribution in [-0.4, -0.2) is 5.78 Å². The highest BCUT2D eigenvalue weighted by atomic mass is 79.9. The van der Waals surface area contributed by atoms with Gasteiger partial charge in [-0.3, -0.25) is 0 Å². The van der Waals surface area contributed by atoms with Crippen molar-refractivity contribution >= 4 is 21.7 Å². The average molecular weight is 217 g/mol. The van der Waals surface area contributed by atoms with Crippen molar-refractivity contribution in [3.63, 3.8) is 0 Å². The van der Waals surface area contributed by atoms with Gasteiger partial charge in [-0.1, -0.05) is 0 Å². The fourth-order valence-electron chi connectivity index (χ4n) is 0.797. The Morgan fingerprint density at radius 1 is 1.73 bits per heavy atom. The van der Waals surface area contributed by atoms with E-state index in [-0.39, 0.29) is 5.78 Å². The summed E-state index contributed by atoms with van der Waals surface area (Å²) in [6, 6.07) is 1.88. The zero-order chi connectivity index (χ0) is 8.27. The van der Waals surface area contributed by atoms with Crippen LogP contribution < -0.4 is 0 Å². The van der Waals surface area contributed by atoms with E-state index in [4.69, 9.17) is 4.42 Å². The summed E-state index contributed by atoms with van der Waals surface area (Å²) < 4.78 is 5.72. The van der Waals surface area contributed by atoms with Gasteiger partial charge in [-0.25, -0.2) is 0 Å². The lowest BCUT2D eigenvalue weighted by atomic mass is 10.1. The van der Waals surface area contributed by atoms with Gasteiger partial charge < -0.3 is 9.21 Å². The molecule has 0 saturated carbocycles. The van der Waals surface area contributed by atoms with Crippen molar-refractivity contribution in [2.75, 3.05) is 0 Å². The second-order valence-corrected chi connectivity index (χ2v) is 3.24. The highest BCUT2D eigenvalue weighted by Crippen LogP contribution is 2.15. The molecule has 0 aliphatic carbocycles. The predicted octanol–water partition coefficient (Wildman–Crippen LogP) is 2.56. The summed E-state index contributed by atoms with van der Waals surface area (Å²) in [5.41, 5.74) is 1.06. The molecule has 3 heteroatoms. The molecule has 0 aliphatic heterocycles. The molecule has 0 N–H and O–H groups in total. The molecule has 0 aliphatic rings.